The van der Waals surface area contributed by atoms with Crippen LogP contribution in [0.5, 0.6) is 0 Å². The van der Waals surface area contributed by atoms with E-state index in [1.807, 2.05) is 24.3 Å². The Kier molecular flexibility index (Phi) is 5.00. The molecule has 0 saturated heterocycles. The van der Waals surface area contributed by atoms with E-state index >= 15 is 0 Å². The van der Waals surface area contributed by atoms with Gasteiger partial charge in [0, 0.05) is 0 Å². The second kappa shape index (κ2) is 7.00. The Hall–Kier alpha value is -1.57. The van der Waals surface area contributed by atoms with E-state index in [0.29, 0.717) is 18.1 Å². The lowest BCUT2D eigenvalue weighted by Crippen LogP contribution is -2.06. The zero-order chi connectivity index (χ0) is 12.6. The molecule has 0 N–H and O–H groups in total. The predicted octanol–water partition coefficient (Wildman–Crippen LogP) is 3.98. The van der Waals surface area contributed by atoms with Crippen molar-refractivity contribution in [3.8, 4) is 0 Å². The highest BCUT2D eigenvalue weighted by atomic mass is 16.5. The van der Waals surface area contributed by atoms with E-state index in [1.54, 1.807) is 12.1 Å². The Morgan fingerprint density at radius 2 is 1.89 bits per heavy atom. The first-order valence-corrected chi connectivity index (χ1v) is 6.75. The largest absolute Gasteiger partial charge is 0.458 e. The van der Waals surface area contributed by atoms with Gasteiger partial charge in [-0.2, -0.15) is 0 Å². The van der Waals surface area contributed by atoms with E-state index in [-0.39, 0.29) is 5.97 Å². The van der Waals surface area contributed by atoms with Gasteiger partial charge in [0.2, 0.25) is 0 Å². The van der Waals surface area contributed by atoms with Gasteiger partial charge >= 0.3 is 5.97 Å². The number of esters is 1. The number of ether oxygens (including phenoxy) is 1. The molecule has 2 rings (SSSR count). The van der Waals surface area contributed by atoms with Crippen molar-refractivity contribution in [2.24, 2.45) is 5.92 Å². The van der Waals surface area contributed by atoms with E-state index < -0.39 is 0 Å². The maximum atomic E-state index is 11.6. The lowest BCUT2D eigenvalue weighted by molar-refractivity contribution is 0.0549. The van der Waals surface area contributed by atoms with Crippen molar-refractivity contribution < 1.29 is 9.53 Å². The summed E-state index contributed by atoms with van der Waals surface area (Å²) in [5.74, 6) is 0.443. The van der Waals surface area contributed by atoms with Crippen LogP contribution in [0.25, 0.3) is 0 Å². The molecule has 1 aliphatic rings. The molecule has 2 nitrogen and oxygen atoms in total. The SMILES string of the molecule is O=C(OC/C=C/C1CCCCC1)c1ccccc1. The molecule has 1 aromatic rings. The molecule has 0 heterocycles. The lowest BCUT2D eigenvalue weighted by Gasteiger charge is -2.17. The van der Waals surface area contributed by atoms with Crippen LogP contribution in [0.3, 0.4) is 0 Å². The third-order valence-electron chi connectivity index (χ3n) is 3.38. The second-order valence-electron chi connectivity index (χ2n) is 4.79. The van der Waals surface area contributed by atoms with Gasteiger partial charge in [0.15, 0.2) is 0 Å². The maximum absolute atomic E-state index is 11.6. The first-order chi connectivity index (χ1) is 8.86. The van der Waals surface area contributed by atoms with Crippen LogP contribution >= 0.6 is 0 Å². The number of hydrogen-bond acceptors (Lipinski definition) is 2. The summed E-state index contributed by atoms with van der Waals surface area (Å²) in [6.45, 7) is 0.379. The molecule has 1 aliphatic carbocycles. The van der Waals surface area contributed by atoms with Crippen molar-refractivity contribution in [2.75, 3.05) is 6.61 Å². The summed E-state index contributed by atoms with van der Waals surface area (Å²) in [4.78, 5) is 11.6. The minimum Gasteiger partial charge on any atom is -0.458 e. The van der Waals surface area contributed by atoms with Gasteiger partial charge in [-0.3, -0.25) is 0 Å². The smallest absolute Gasteiger partial charge is 0.338 e. The van der Waals surface area contributed by atoms with Gasteiger partial charge in [-0.15, -0.1) is 0 Å². The van der Waals surface area contributed by atoms with Crippen LogP contribution in [0.4, 0.5) is 0 Å². The normalized spacial score (nSPS) is 16.9. The fourth-order valence-corrected chi connectivity index (χ4v) is 2.36. The zero-order valence-corrected chi connectivity index (χ0v) is 10.7. The molecular formula is C16H20O2. The van der Waals surface area contributed by atoms with Crippen molar-refractivity contribution in [3.05, 3.63) is 48.0 Å². The molecule has 0 aromatic heterocycles. The molecule has 1 fully saturated rings. The molecule has 2 heteroatoms. The number of benzene rings is 1. The number of rotatable bonds is 4. The van der Waals surface area contributed by atoms with E-state index in [2.05, 4.69) is 6.08 Å². The molecule has 1 saturated carbocycles. The third kappa shape index (κ3) is 4.02. The Labute approximate surface area is 109 Å². The molecule has 18 heavy (non-hydrogen) atoms. The van der Waals surface area contributed by atoms with Crippen molar-refractivity contribution >= 4 is 5.97 Å². The Bertz CT molecular complexity index is 389. The summed E-state index contributed by atoms with van der Waals surface area (Å²) >= 11 is 0. The molecule has 0 aliphatic heterocycles. The topological polar surface area (TPSA) is 26.3 Å². The highest BCUT2D eigenvalue weighted by molar-refractivity contribution is 5.89. The lowest BCUT2D eigenvalue weighted by atomic mass is 9.89. The van der Waals surface area contributed by atoms with Gasteiger partial charge in [-0.1, -0.05) is 49.6 Å². The van der Waals surface area contributed by atoms with Crippen LogP contribution in [-0.4, -0.2) is 12.6 Å². The summed E-state index contributed by atoms with van der Waals surface area (Å²) in [5.41, 5.74) is 0.614. The molecule has 96 valence electrons. The minimum atomic E-state index is -0.246. The number of carbonyl (C=O) groups is 1. The van der Waals surface area contributed by atoms with Gasteiger partial charge in [0.1, 0.15) is 6.61 Å². The summed E-state index contributed by atoms with van der Waals surface area (Å²) in [7, 11) is 0. The first kappa shape index (κ1) is 12.9. The molecule has 1 aromatic carbocycles. The van der Waals surface area contributed by atoms with Crippen LogP contribution in [-0.2, 0) is 4.74 Å². The third-order valence-corrected chi connectivity index (χ3v) is 3.38. The monoisotopic (exact) mass is 244 g/mol. The highest BCUT2D eigenvalue weighted by Gasteiger charge is 2.09. The van der Waals surface area contributed by atoms with Gasteiger partial charge < -0.3 is 4.74 Å². The Morgan fingerprint density at radius 1 is 1.17 bits per heavy atom. The highest BCUT2D eigenvalue weighted by Crippen LogP contribution is 2.24. The fraction of sp³-hybridized carbons (Fsp3) is 0.438. The van der Waals surface area contributed by atoms with Gasteiger partial charge in [-0.25, -0.2) is 4.79 Å². The standard InChI is InChI=1S/C16H20O2/c17-16(15-11-5-2-6-12-15)18-13-7-10-14-8-3-1-4-9-14/h2,5-7,10-12,14H,1,3-4,8-9,13H2/b10-7+. The zero-order valence-electron chi connectivity index (χ0n) is 10.7. The predicted molar refractivity (Wildman–Crippen MR) is 72.4 cm³/mol. The van der Waals surface area contributed by atoms with Crippen LogP contribution in [0, 0.1) is 5.92 Å². The number of hydrogen-bond donors (Lipinski definition) is 0. The first-order valence-electron chi connectivity index (χ1n) is 6.75. The van der Waals surface area contributed by atoms with Gasteiger partial charge in [0.25, 0.3) is 0 Å². The van der Waals surface area contributed by atoms with Crippen molar-refractivity contribution in [1.29, 1.82) is 0 Å². The number of allylic oxidation sites excluding steroid dienone is 1. The average Bonchev–Trinajstić information content (AvgIpc) is 2.45. The quantitative estimate of drug-likeness (QED) is 0.591. The molecule has 0 amide bonds. The maximum Gasteiger partial charge on any atom is 0.338 e. The summed E-state index contributed by atoms with van der Waals surface area (Å²) < 4.78 is 5.19. The molecular weight excluding hydrogens is 224 g/mol. The molecule has 0 unspecified atom stereocenters. The Balaban J connectivity index is 1.71. The average molecular weight is 244 g/mol. The molecule has 0 bridgehead atoms. The van der Waals surface area contributed by atoms with Crippen molar-refractivity contribution in [3.63, 3.8) is 0 Å². The summed E-state index contributed by atoms with van der Waals surface area (Å²) in [5, 5.41) is 0. The summed E-state index contributed by atoms with van der Waals surface area (Å²) in [6, 6.07) is 9.11. The van der Waals surface area contributed by atoms with Crippen LogP contribution in [0.1, 0.15) is 42.5 Å². The summed E-state index contributed by atoms with van der Waals surface area (Å²) in [6.07, 6.45) is 10.8. The second-order valence-corrected chi connectivity index (χ2v) is 4.79. The van der Waals surface area contributed by atoms with E-state index in [1.165, 1.54) is 32.1 Å². The Morgan fingerprint density at radius 3 is 2.61 bits per heavy atom. The minimum absolute atomic E-state index is 0.246. The van der Waals surface area contributed by atoms with E-state index in [0.717, 1.165) is 0 Å². The van der Waals surface area contributed by atoms with Gasteiger partial charge in [0.05, 0.1) is 5.56 Å². The van der Waals surface area contributed by atoms with Gasteiger partial charge in [-0.05, 0) is 30.9 Å². The van der Waals surface area contributed by atoms with E-state index in [4.69, 9.17) is 4.74 Å². The van der Waals surface area contributed by atoms with Crippen LogP contribution in [0.15, 0.2) is 42.5 Å². The van der Waals surface area contributed by atoms with E-state index in [9.17, 15) is 4.79 Å². The fourth-order valence-electron chi connectivity index (χ4n) is 2.36. The van der Waals surface area contributed by atoms with Crippen LogP contribution < -0.4 is 0 Å². The molecule has 0 spiro atoms. The van der Waals surface area contributed by atoms with Crippen molar-refractivity contribution in [1.82, 2.24) is 0 Å². The molecule has 0 atom stereocenters. The van der Waals surface area contributed by atoms with Crippen molar-refractivity contribution in [2.45, 2.75) is 32.1 Å². The molecule has 0 radical (unpaired) electrons. The number of carbonyl (C=O) groups excluding carboxylic acids is 1. The van der Waals surface area contributed by atoms with Crippen LogP contribution in [0.2, 0.25) is 0 Å².